The summed E-state index contributed by atoms with van der Waals surface area (Å²) in [4.78, 5) is 26.4. The SMILES string of the molecule is CCNS(=O)(=O)c1cccc(C(=O)OCC(=O)N(c2ccccc2)C(C)C)c1. The molecule has 2 aromatic carbocycles. The van der Waals surface area contributed by atoms with E-state index in [1.165, 1.54) is 24.3 Å². The third-order valence-corrected chi connectivity index (χ3v) is 5.40. The quantitative estimate of drug-likeness (QED) is 0.683. The van der Waals surface area contributed by atoms with E-state index < -0.39 is 22.6 Å². The van der Waals surface area contributed by atoms with Crippen LogP contribution < -0.4 is 9.62 Å². The number of nitrogens with one attached hydrogen (secondary N) is 1. The summed E-state index contributed by atoms with van der Waals surface area (Å²) in [7, 11) is -3.69. The normalized spacial score (nSPS) is 11.3. The molecular formula is C20H24N2O5S. The first-order valence-corrected chi connectivity index (χ1v) is 10.4. The number of hydrogen-bond acceptors (Lipinski definition) is 5. The summed E-state index contributed by atoms with van der Waals surface area (Å²) < 4.78 is 31.6. The average Bonchev–Trinajstić information content (AvgIpc) is 2.67. The van der Waals surface area contributed by atoms with Gasteiger partial charge in [-0.05, 0) is 44.2 Å². The Balaban J connectivity index is 2.10. The van der Waals surface area contributed by atoms with Crippen molar-refractivity contribution >= 4 is 27.6 Å². The van der Waals surface area contributed by atoms with Gasteiger partial charge in [0.25, 0.3) is 5.91 Å². The number of esters is 1. The number of carbonyl (C=O) groups is 2. The van der Waals surface area contributed by atoms with Gasteiger partial charge in [0.05, 0.1) is 10.5 Å². The molecule has 0 fully saturated rings. The van der Waals surface area contributed by atoms with Crippen LogP contribution in [0.5, 0.6) is 0 Å². The van der Waals surface area contributed by atoms with Crippen molar-refractivity contribution < 1.29 is 22.7 Å². The maximum Gasteiger partial charge on any atom is 0.338 e. The van der Waals surface area contributed by atoms with Crippen molar-refractivity contribution in [1.29, 1.82) is 0 Å². The Hall–Kier alpha value is -2.71. The number of benzene rings is 2. The van der Waals surface area contributed by atoms with Gasteiger partial charge in [-0.25, -0.2) is 17.9 Å². The van der Waals surface area contributed by atoms with Crippen LogP contribution >= 0.6 is 0 Å². The largest absolute Gasteiger partial charge is 0.452 e. The minimum absolute atomic E-state index is 0.0387. The van der Waals surface area contributed by atoms with E-state index in [0.717, 1.165) is 0 Å². The first kappa shape index (κ1) is 21.6. The highest BCUT2D eigenvalue weighted by Crippen LogP contribution is 2.17. The predicted molar refractivity (Wildman–Crippen MR) is 107 cm³/mol. The van der Waals surface area contributed by atoms with Gasteiger partial charge in [0.1, 0.15) is 0 Å². The molecule has 1 amide bonds. The molecule has 0 atom stereocenters. The van der Waals surface area contributed by atoms with E-state index in [2.05, 4.69) is 4.72 Å². The molecule has 0 aliphatic heterocycles. The first-order valence-electron chi connectivity index (χ1n) is 8.90. The molecule has 8 heteroatoms. The maximum absolute atomic E-state index is 12.6. The molecule has 0 aliphatic rings. The zero-order valence-electron chi connectivity index (χ0n) is 16.1. The van der Waals surface area contributed by atoms with E-state index >= 15 is 0 Å². The minimum Gasteiger partial charge on any atom is -0.452 e. The van der Waals surface area contributed by atoms with Crippen LogP contribution in [0.25, 0.3) is 0 Å². The van der Waals surface area contributed by atoms with Crippen LogP contribution in [-0.4, -0.2) is 39.5 Å². The number of ether oxygens (including phenoxy) is 1. The second-order valence-corrected chi connectivity index (χ2v) is 8.07. The van der Waals surface area contributed by atoms with E-state index in [1.54, 1.807) is 24.0 Å². The highest BCUT2D eigenvalue weighted by Gasteiger charge is 2.21. The zero-order valence-corrected chi connectivity index (χ0v) is 16.9. The van der Waals surface area contributed by atoms with E-state index in [-0.39, 0.29) is 29.0 Å². The highest BCUT2D eigenvalue weighted by molar-refractivity contribution is 7.89. The van der Waals surface area contributed by atoms with Crippen molar-refractivity contribution in [2.75, 3.05) is 18.1 Å². The molecule has 0 bridgehead atoms. The van der Waals surface area contributed by atoms with E-state index in [0.29, 0.717) is 5.69 Å². The standard InChI is InChI=1S/C20H24N2O5S/c1-4-21-28(25,26)18-12-8-9-16(13-18)20(24)27-14-19(23)22(15(2)3)17-10-6-5-7-11-17/h5-13,15,21H,4,14H2,1-3H3. The summed E-state index contributed by atoms with van der Waals surface area (Å²) in [5.41, 5.74) is 0.764. The third-order valence-electron chi connectivity index (χ3n) is 3.86. The molecule has 2 rings (SSSR count). The van der Waals surface area contributed by atoms with Gasteiger partial charge in [0.2, 0.25) is 10.0 Å². The third kappa shape index (κ3) is 5.40. The number of amides is 1. The molecule has 28 heavy (non-hydrogen) atoms. The molecule has 0 saturated heterocycles. The Morgan fingerprint density at radius 3 is 2.36 bits per heavy atom. The monoisotopic (exact) mass is 404 g/mol. The van der Waals surface area contributed by atoms with Crippen LogP contribution in [0.4, 0.5) is 5.69 Å². The van der Waals surface area contributed by atoms with Crippen LogP contribution in [0.1, 0.15) is 31.1 Å². The molecule has 0 saturated carbocycles. The van der Waals surface area contributed by atoms with Crippen molar-refractivity contribution in [2.45, 2.75) is 31.7 Å². The fraction of sp³-hybridized carbons (Fsp3) is 0.300. The van der Waals surface area contributed by atoms with Gasteiger partial charge >= 0.3 is 5.97 Å². The molecule has 0 radical (unpaired) electrons. The molecule has 0 aliphatic carbocycles. The van der Waals surface area contributed by atoms with Gasteiger partial charge in [-0.1, -0.05) is 31.2 Å². The van der Waals surface area contributed by atoms with Crippen LogP contribution in [0.15, 0.2) is 59.5 Å². The van der Waals surface area contributed by atoms with E-state index in [9.17, 15) is 18.0 Å². The molecule has 1 N–H and O–H groups in total. The highest BCUT2D eigenvalue weighted by atomic mass is 32.2. The number of para-hydroxylation sites is 1. The number of hydrogen-bond donors (Lipinski definition) is 1. The lowest BCUT2D eigenvalue weighted by molar-refractivity contribution is -0.122. The topological polar surface area (TPSA) is 92.8 Å². The van der Waals surface area contributed by atoms with Crippen molar-refractivity contribution in [1.82, 2.24) is 4.72 Å². The van der Waals surface area contributed by atoms with Crippen LogP contribution in [0, 0.1) is 0 Å². The van der Waals surface area contributed by atoms with Gasteiger partial charge in [0.15, 0.2) is 6.61 Å². The molecule has 0 spiro atoms. The van der Waals surface area contributed by atoms with Crippen LogP contribution in [0.2, 0.25) is 0 Å². The summed E-state index contributed by atoms with van der Waals surface area (Å²) in [5, 5.41) is 0. The Labute approximate surface area is 165 Å². The average molecular weight is 404 g/mol. The molecule has 0 aromatic heterocycles. The first-order chi connectivity index (χ1) is 13.3. The Morgan fingerprint density at radius 2 is 1.75 bits per heavy atom. The predicted octanol–water partition coefficient (Wildman–Crippen LogP) is 2.58. The van der Waals surface area contributed by atoms with Gasteiger partial charge in [-0.2, -0.15) is 0 Å². The second kappa shape index (κ2) is 9.48. The molecule has 7 nitrogen and oxygen atoms in total. The lowest BCUT2D eigenvalue weighted by atomic mass is 10.2. The number of nitrogens with zero attached hydrogens (tertiary/aromatic N) is 1. The number of sulfonamides is 1. The summed E-state index contributed by atoms with van der Waals surface area (Å²) in [6.07, 6.45) is 0. The van der Waals surface area contributed by atoms with Crippen LogP contribution in [0.3, 0.4) is 0 Å². The summed E-state index contributed by atoms with van der Waals surface area (Å²) in [5.74, 6) is -1.13. The van der Waals surface area contributed by atoms with Crippen molar-refractivity contribution in [3.63, 3.8) is 0 Å². The van der Waals surface area contributed by atoms with Gasteiger partial charge in [0, 0.05) is 18.3 Å². The van der Waals surface area contributed by atoms with Gasteiger partial charge in [-0.15, -0.1) is 0 Å². The van der Waals surface area contributed by atoms with Gasteiger partial charge in [-0.3, -0.25) is 4.79 Å². The maximum atomic E-state index is 12.6. The summed E-state index contributed by atoms with van der Waals surface area (Å²) >= 11 is 0. The Kier molecular flexibility index (Phi) is 7.31. The smallest absolute Gasteiger partial charge is 0.338 e. The lowest BCUT2D eigenvalue weighted by Crippen LogP contribution is -2.39. The second-order valence-electron chi connectivity index (χ2n) is 6.30. The van der Waals surface area contributed by atoms with Crippen molar-refractivity contribution in [3.05, 3.63) is 60.2 Å². The number of carbonyl (C=O) groups excluding carboxylic acids is 2. The van der Waals surface area contributed by atoms with E-state index in [1.807, 2.05) is 32.0 Å². The molecular weight excluding hydrogens is 380 g/mol. The van der Waals surface area contributed by atoms with Crippen molar-refractivity contribution in [3.8, 4) is 0 Å². The van der Waals surface area contributed by atoms with Crippen molar-refractivity contribution in [2.24, 2.45) is 0 Å². The molecule has 150 valence electrons. The summed E-state index contributed by atoms with van der Waals surface area (Å²) in [6, 6.07) is 14.5. The summed E-state index contributed by atoms with van der Waals surface area (Å²) in [6.45, 7) is 5.17. The molecule has 0 unspecified atom stereocenters. The zero-order chi connectivity index (χ0) is 20.7. The van der Waals surface area contributed by atoms with Crippen LogP contribution in [-0.2, 0) is 19.6 Å². The Bertz CT molecular complexity index is 927. The molecule has 0 heterocycles. The number of rotatable bonds is 8. The minimum atomic E-state index is -3.69. The number of anilines is 1. The fourth-order valence-electron chi connectivity index (χ4n) is 2.66. The lowest BCUT2D eigenvalue weighted by Gasteiger charge is -2.26. The van der Waals surface area contributed by atoms with Gasteiger partial charge < -0.3 is 9.64 Å². The van der Waals surface area contributed by atoms with E-state index in [4.69, 9.17) is 4.74 Å². The fourth-order valence-corrected chi connectivity index (χ4v) is 3.75. The Morgan fingerprint density at radius 1 is 1.07 bits per heavy atom. The molecule has 2 aromatic rings.